The maximum atomic E-state index is 14.2. The summed E-state index contributed by atoms with van der Waals surface area (Å²) in [6, 6.07) is 0. The molecule has 2 aliphatic carbocycles. The molecule has 25 heavy (non-hydrogen) atoms. The number of carboxylic acids is 2. The maximum Gasteiger partial charge on any atom is 0.339 e. The van der Waals surface area contributed by atoms with Gasteiger partial charge in [-0.15, -0.1) is 0 Å². The van der Waals surface area contributed by atoms with Crippen molar-refractivity contribution in [1.82, 2.24) is 0 Å². The molecule has 0 amide bonds. The van der Waals surface area contributed by atoms with Crippen LogP contribution in [0.5, 0.6) is 0 Å². The molecule has 0 aromatic rings. The average molecular weight is 362 g/mol. The molecule has 2 fully saturated rings. The van der Waals surface area contributed by atoms with Crippen LogP contribution in [-0.4, -0.2) is 46.4 Å². The highest BCUT2D eigenvalue weighted by Crippen LogP contribution is 2.47. The third-order valence-corrected chi connectivity index (χ3v) is 5.39. The summed E-state index contributed by atoms with van der Waals surface area (Å²) in [6.45, 7) is 0. The fourth-order valence-corrected chi connectivity index (χ4v) is 3.89. The van der Waals surface area contributed by atoms with E-state index in [0.29, 0.717) is 25.7 Å². The third-order valence-electron chi connectivity index (χ3n) is 5.39. The van der Waals surface area contributed by atoms with E-state index in [2.05, 4.69) is 4.74 Å². The van der Waals surface area contributed by atoms with Crippen LogP contribution in [0.25, 0.3) is 0 Å². The molecular weight excluding hydrogens is 342 g/mol. The molecule has 0 aromatic carbocycles. The number of ether oxygens (including phenoxy) is 1. The highest BCUT2D eigenvalue weighted by molar-refractivity contribution is 5.96. The second-order valence-corrected chi connectivity index (χ2v) is 6.81. The number of esters is 2. The average Bonchev–Trinajstić information content (AvgIpc) is 3.23. The molecule has 2 unspecified atom stereocenters. The van der Waals surface area contributed by atoms with Crippen molar-refractivity contribution in [2.24, 2.45) is 10.8 Å². The summed E-state index contributed by atoms with van der Waals surface area (Å²) < 4.78 is 33.0. The summed E-state index contributed by atoms with van der Waals surface area (Å²) >= 11 is 0. The largest absolute Gasteiger partial charge is 0.479 e. The summed E-state index contributed by atoms with van der Waals surface area (Å²) in [5.74, 6) is -6.38. The number of alkyl halides is 2. The van der Waals surface area contributed by atoms with Gasteiger partial charge in [0, 0.05) is 0 Å². The summed E-state index contributed by atoms with van der Waals surface area (Å²) in [5, 5.41) is 17.8. The fourth-order valence-electron chi connectivity index (χ4n) is 3.89. The monoisotopic (exact) mass is 362 g/mol. The molecule has 0 aromatic heterocycles. The van der Waals surface area contributed by atoms with Crippen molar-refractivity contribution in [3.05, 3.63) is 0 Å². The Hall–Kier alpha value is -2.06. The zero-order valence-electron chi connectivity index (χ0n) is 13.5. The van der Waals surface area contributed by atoms with E-state index in [-0.39, 0.29) is 25.7 Å². The van der Waals surface area contributed by atoms with Crippen LogP contribution in [0.3, 0.4) is 0 Å². The first-order valence-corrected chi connectivity index (χ1v) is 8.18. The Bertz CT molecular complexity index is 527. The zero-order chi connectivity index (χ0) is 18.8. The number of hydrogen-bond donors (Lipinski definition) is 2. The molecule has 0 heterocycles. The number of halogens is 2. The lowest BCUT2D eigenvalue weighted by molar-refractivity contribution is -0.184. The van der Waals surface area contributed by atoms with E-state index in [1.54, 1.807) is 0 Å². The minimum atomic E-state index is -2.55. The first kappa shape index (κ1) is 19.3. The first-order valence-electron chi connectivity index (χ1n) is 8.18. The highest BCUT2D eigenvalue weighted by Gasteiger charge is 2.57. The number of rotatable bonds is 6. The summed E-state index contributed by atoms with van der Waals surface area (Å²) in [5.41, 5.74) is -3.98. The van der Waals surface area contributed by atoms with Gasteiger partial charge in [-0.3, -0.25) is 9.59 Å². The van der Waals surface area contributed by atoms with Crippen molar-refractivity contribution in [3.8, 4) is 0 Å². The predicted octanol–water partition coefficient (Wildman–Crippen LogP) is 2.02. The Morgan fingerprint density at radius 2 is 1.00 bits per heavy atom. The molecule has 0 aliphatic heterocycles. The van der Waals surface area contributed by atoms with Gasteiger partial charge in [-0.05, 0) is 25.7 Å². The SMILES string of the molecule is O=C(O)C(F)C1(C(=O)OC(=O)C2(C(F)C(=O)O)CCCC2)CCCC1. The topological polar surface area (TPSA) is 118 Å². The van der Waals surface area contributed by atoms with E-state index in [9.17, 15) is 28.0 Å². The van der Waals surface area contributed by atoms with Crippen LogP contribution >= 0.6 is 0 Å². The number of aliphatic carboxylic acids is 2. The molecule has 2 saturated carbocycles. The third kappa shape index (κ3) is 3.23. The van der Waals surface area contributed by atoms with Crippen LogP contribution < -0.4 is 0 Å². The maximum absolute atomic E-state index is 14.2. The molecular formula is C16H20F2O7. The Morgan fingerprint density at radius 3 is 1.24 bits per heavy atom. The lowest BCUT2D eigenvalue weighted by Gasteiger charge is -2.31. The first-order chi connectivity index (χ1) is 11.7. The molecule has 0 saturated heterocycles. The molecule has 140 valence electrons. The lowest BCUT2D eigenvalue weighted by Crippen LogP contribution is -2.48. The predicted molar refractivity (Wildman–Crippen MR) is 78.0 cm³/mol. The van der Waals surface area contributed by atoms with Crippen LogP contribution in [-0.2, 0) is 23.9 Å². The van der Waals surface area contributed by atoms with Crippen molar-refractivity contribution >= 4 is 23.9 Å². The van der Waals surface area contributed by atoms with Gasteiger partial charge in [0.05, 0.1) is 0 Å². The summed E-state index contributed by atoms with van der Waals surface area (Å²) in [7, 11) is 0. The van der Waals surface area contributed by atoms with Crippen molar-refractivity contribution < 1.29 is 42.9 Å². The van der Waals surface area contributed by atoms with E-state index in [1.807, 2.05) is 0 Å². The van der Waals surface area contributed by atoms with Gasteiger partial charge in [-0.25, -0.2) is 18.4 Å². The van der Waals surface area contributed by atoms with Gasteiger partial charge in [-0.2, -0.15) is 0 Å². The molecule has 2 aliphatic rings. The van der Waals surface area contributed by atoms with Crippen LogP contribution in [0.4, 0.5) is 8.78 Å². The minimum Gasteiger partial charge on any atom is -0.479 e. The van der Waals surface area contributed by atoms with Crippen molar-refractivity contribution in [2.45, 2.75) is 63.7 Å². The molecule has 7 nitrogen and oxygen atoms in total. The van der Waals surface area contributed by atoms with Crippen molar-refractivity contribution in [2.75, 3.05) is 0 Å². The van der Waals surface area contributed by atoms with Gasteiger partial charge in [0.1, 0.15) is 10.8 Å². The van der Waals surface area contributed by atoms with Gasteiger partial charge >= 0.3 is 23.9 Å². The Labute approximate surface area is 142 Å². The van der Waals surface area contributed by atoms with E-state index in [1.165, 1.54) is 0 Å². The molecule has 2 rings (SSSR count). The molecule has 0 spiro atoms. The van der Waals surface area contributed by atoms with Crippen LogP contribution in [0.2, 0.25) is 0 Å². The zero-order valence-corrected chi connectivity index (χ0v) is 13.5. The molecule has 0 bridgehead atoms. The van der Waals surface area contributed by atoms with Crippen LogP contribution in [0, 0.1) is 10.8 Å². The second kappa shape index (κ2) is 7.05. The Kier molecular flexibility index (Phi) is 5.43. The number of carbonyl (C=O) groups excluding carboxylic acids is 2. The smallest absolute Gasteiger partial charge is 0.339 e. The molecule has 0 radical (unpaired) electrons. The summed E-state index contributed by atoms with van der Waals surface area (Å²) in [6.07, 6.45) is -3.92. The van der Waals surface area contributed by atoms with Gasteiger partial charge in [0.2, 0.25) is 12.3 Å². The van der Waals surface area contributed by atoms with Gasteiger partial charge in [0.15, 0.2) is 0 Å². The van der Waals surface area contributed by atoms with Crippen molar-refractivity contribution in [1.29, 1.82) is 0 Å². The standard InChI is InChI=1S/C16H20F2O7/c17-9(11(19)20)15(5-1-2-6-15)13(23)25-14(24)16(7-3-4-8-16)10(18)12(21)22/h9-10H,1-8H2,(H,19,20)(H,21,22). The highest BCUT2D eigenvalue weighted by atomic mass is 19.1. The lowest BCUT2D eigenvalue weighted by atomic mass is 9.79. The molecule has 9 heteroatoms. The fraction of sp³-hybridized carbons (Fsp3) is 0.750. The summed E-state index contributed by atoms with van der Waals surface area (Å²) in [4.78, 5) is 46.8. The van der Waals surface area contributed by atoms with Crippen LogP contribution in [0.1, 0.15) is 51.4 Å². The van der Waals surface area contributed by atoms with Crippen molar-refractivity contribution in [3.63, 3.8) is 0 Å². The number of carbonyl (C=O) groups is 4. The molecule has 2 atom stereocenters. The van der Waals surface area contributed by atoms with E-state index >= 15 is 0 Å². The van der Waals surface area contributed by atoms with Crippen LogP contribution in [0.15, 0.2) is 0 Å². The van der Waals surface area contributed by atoms with Gasteiger partial charge in [0.25, 0.3) is 0 Å². The van der Waals surface area contributed by atoms with Gasteiger partial charge in [-0.1, -0.05) is 25.7 Å². The van der Waals surface area contributed by atoms with E-state index < -0.39 is 47.1 Å². The number of carboxylic acid groups (broad SMARTS) is 2. The van der Waals surface area contributed by atoms with Gasteiger partial charge < -0.3 is 14.9 Å². The van der Waals surface area contributed by atoms with E-state index in [4.69, 9.17) is 10.2 Å². The number of hydrogen-bond acceptors (Lipinski definition) is 5. The Balaban J connectivity index is 2.24. The Morgan fingerprint density at radius 1 is 0.720 bits per heavy atom. The quantitative estimate of drug-likeness (QED) is 0.548. The second-order valence-electron chi connectivity index (χ2n) is 6.81. The normalized spacial score (nSPS) is 23.6. The van der Waals surface area contributed by atoms with E-state index in [0.717, 1.165) is 0 Å². The molecule has 2 N–H and O–H groups in total. The minimum absolute atomic E-state index is 0.0996.